The molecule has 106 valence electrons. The summed E-state index contributed by atoms with van der Waals surface area (Å²) in [7, 11) is 0. The number of pyridine rings is 1. The van der Waals surface area contributed by atoms with E-state index in [-0.39, 0.29) is 5.56 Å². The molecule has 21 heavy (non-hydrogen) atoms. The highest BCUT2D eigenvalue weighted by molar-refractivity contribution is 6.14. The molecule has 0 fully saturated rings. The number of carboxylic acids is 1. The number of aliphatic imine (C=N–C) groups is 1. The first-order chi connectivity index (χ1) is 10.2. The minimum Gasteiger partial charge on any atom is -0.477 e. The van der Waals surface area contributed by atoms with Crippen LogP contribution < -0.4 is 5.56 Å². The fourth-order valence-electron chi connectivity index (χ4n) is 2.51. The van der Waals surface area contributed by atoms with Crippen molar-refractivity contribution in [3.8, 4) is 0 Å². The Kier molecular flexibility index (Phi) is 3.39. The summed E-state index contributed by atoms with van der Waals surface area (Å²) >= 11 is 0. The van der Waals surface area contributed by atoms with E-state index in [4.69, 9.17) is 5.11 Å². The van der Waals surface area contributed by atoms with Gasteiger partial charge in [0.25, 0.3) is 5.56 Å². The lowest BCUT2D eigenvalue weighted by molar-refractivity contribution is 0.0695. The molecule has 0 aliphatic carbocycles. The predicted molar refractivity (Wildman–Crippen MR) is 79.3 cm³/mol. The highest BCUT2D eigenvalue weighted by Crippen LogP contribution is 2.19. The van der Waals surface area contributed by atoms with Crippen LogP contribution in [0.25, 0.3) is 0 Å². The summed E-state index contributed by atoms with van der Waals surface area (Å²) in [6.45, 7) is 0.656. The van der Waals surface area contributed by atoms with E-state index in [1.165, 1.54) is 6.07 Å². The SMILES string of the molecule is O=C(O)c1cc2c([nH]c1=O)CCCN=C2c1ccccc1. The van der Waals surface area contributed by atoms with Gasteiger partial charge in [-0.3, -0.25) is 9.79 Å². The predicted octanol–water partition coefficient (Wildman–Crippen LogP) is 1.86. The molecule has 0 bridgehead atoms. The van der Waals surface area contributed by atoms with Crippen molar-refractivity contribution < 1.29 is 9.90 Å². The van der Waals surface area contributed by atoms with E-state index in [0.29, 0.717) is 18.5 Å². The summed E-state index contributed by atoms with van der Waals surface area (Å²) in [5.74, 6) is -1.23. The molecule has 1 aliphatic heterocycles. The molecule has 5 nitrogen and oxygen atoms in total. The molecular weight excluding hydrogens is 268 g/mol. The lowest BCUT2D eigenvalue weighted by atomic mass is 9.98. The molecule has 1 aliphatic rings. The molecule has 0 radical (unpaired) electrons. The van der Waals surface area contributed by atoms with E-state index >= 15 is 0 Å². The van der Waals surface area contributed by atoms with Crippen LogP contribution in [0.3, 0.4) is 0 Å². The lowest BCUT2D eigenvalue weighted by Gasteiger charge is -2.10. The van der Waals surface area contributed by atoms with E-state index in [1.54, 1.807) is 0 Å². The van der Waals surface area contributed by atoms with Crippen LogP contribution in [-0.4, -0.2) is 28.3 Å². The van der Waals surface area contributed by atoms with Gasteiger partial charge in [-0.25, -0.2) is 4.79 Å². The van der Waals surface area contributed by atoms with Crippen molar-refractivity contribution in [1.29, 1.82) is 0 Å². The Hall–Kier alpha value is -2.69. The lowest BCUT2D eigenvalue weighted by Crippen LogP contribution is -2.22. The number of aryl methyl sites for hydroxylation is 1. The van der Waals surface area contributed by atoms with E-state index in [2.05, 4.69) is 9.98 Å². The molecule has 1 aromatic carbocycles. The van der Waals surface area contributed by atoms with Crippen molar-refractivity contribution in [3.63, 3.8) is 0 Å². The summed E-state index contributed by atoms with van der Waals surface area (Å²) in [5.41, 5.74) is 2.31. The van der Waals surface area contributed by atoms with Gasteiger partial charge in [0.2, 0.25) is 0 Å². The number of carboxylic acid groups (broad SMARTS) is 1. The zero-order valence-electron chi connectivity index (χ0n) is 11.3. The third kappa shape index (κ3) is 2.50. The summed E-state index contributed by atoms with van der Waals surface area (Å²) in [6.07, 6.45) is 1.51. The van der Waals surface area contributed by atoms with Gasteiger partial charge in [-0.05, 0) is 18.9 Å². The minimum absolute atomic E-state index is 0.251. The first-order valence-electron chi connectivity index (χ1n) is 6.76. The summed E-state index contributed by atoms with van der Waals surface area (Å²) in [4.78, 5) is 30.3. The van der Waals surface area contributed by atoms with Gasteiger partial charge in [0, 0.05) is 23.4 Å². The van der Waals surface area contributed by atoms with Crippen LogP contribution >= 0.6 is 0 Å². The fraction of sp³-hybridized carbons (Fsp3) is 0.188. The number of rotatable bonds is 2. The fourth-order valence-corrected chi connectivity index (χ4v) is 2.51. The van der Waals surface area contributed by atoms with E-state index < -0.39 is 11.5 Å². The first-order valence-corrected chi connectivity index (χ1v) is 6.76. The average molecular weight is 282 g/mol. The summed E-state index contributed by atoms with van der Waals surface area (Å²) in [5, 5.41) is 9.13. The number of benzene rings is 1. The molecular formula is C16H14N2O3. The van der Waals surface area contributed by atoms with Crippen LogP contribution in [0.4, 0.5) is 0 Å². The Morgan fingerprint density at radius 2 is 2.00 bits per heavy atom. The van der Waals surface area contributed by atoms with Gasteiger partial charge in [0.05, 0.1) is 5.71 Å². The Morgan fingerprint density at radius 3 is 2.71 bits per heavy atom. The Morgan fingerprint density at radius 1 is 1.24 bits per heavy atom. The van der Waals surface area contributed by atoms with Crippen LogP contribution in [-0.2, 0) is 6.42 Å². The highest BCUT2D eigenvalue weighted by Gasteiger charge is 2.19. The number of carbonyl (C=O) groups is 1. The van der Waals surface area contributed by atoms with Crippen molar-refractivity contribution in [2.45, 2.75) is 12.8 Å². The molecule has 3 rings (SSSR count). The smallest absolute Gasteiger partial charge is 0.341 e. The number of hydrogen-bond donors (Lipinski definition) is 2. The molecule has 0 unspecified atom stereocenters. The molecule has 0 saturated carbocycles. The molecule has 2 aromatic rings. The minimum atomic E-state index is -1.23. The Bertz CT molecular complexity index is 776. The standard InChI is InChI=1S/C16H14N2O3/c19-15-12(16(20)21)9-11-13(18-15)7-4-8-17-14(11)10-5-2-1-3-6-10/h1-3,5-6,9H,4,7-8H2,(H,18,19)(H,20,21). The van der Waals surface area contributed by atoms with Crippen molar-refractivity contribution in [2.75, 3.05) is 6.54 Å². The van der Waals surface area contributed by atoms with Gasteiger partial charge in [0.1, 0.15) is 5.56 Å². The Labute approximate surface area is 121 Å². The molecule has 1 aromatic heterocycles. The molecule has 2 N–H and O–H groups in total. The van der Waals surface area contributed by atoms with Crippen LogP contribution in [0.2, 0.25) is 0 Å². The van der Waals surface area contributed by atoms with Crippen LogP contribution in [0.1, 0.15) is 33.6 Å². The molecule has 0 amide bonds. The molecule has 0 spiro atoms. The number of H-pyrrole nitrogens is 1. The van der Waals surface area contributed by atoms with Crippen molar-refractivity contribution in [1.82, 2.24) is 4.98 Å². The quantitative estimate of drug-likeness (QED) is 0.882. The van der Waals surface area contributed by atoms with Gasteiger partial charge >= 0.3 is 5.97 Å². The maximum atomic E-state index is 11.8. The van der Waals surface area contributed by atoms with Crippen LogP contribution in [0.5, 0.6) is 0 Å². The third-order valence-corrected chi connectivity index (χ3v) is 3.51. The van der Waals surface area contributed by atoms with Gasteiger partial charge in [-0.15, -0.1) is 0 Å². The Balaban J connectivity index is 2.23. The third-order valence-electron chi connectivity index (χ3n) is 3.51. The number of hydrogen-bond acceptors (Lipinski definition) is 3. The van der Waals surface area contributed by atoms with Gasteiger partial charge in [-0.1, -0.05) is 30.3 Å². The summed E-state index contributed by atoms with van der Waals surface area (Å²) < 4.78 is 0. The normalized spacial score (nSPS) is 14.0. The van der Waals surface area contributed by atoms with Gasteiger partial charge < -0.3 is 10.1 Å². The second kappa shape index (κ2) is 5.36. The number of aromatic carboxylic acids is 1. The zero-order valence-corrected chi connectivity index (χ0v) is 11.3. The van der Waals surface area contributed by atoms with Crippen LogP contribution in [0, 0.1) is 0 Å². The number of nitrogens with zero attached hydrogens (tertiary/aromatic N) is 1. The topological polar surface area (TPSA) is 82.5 Å². The molecule has 0 saturated heterocycles. The van der Waals surface area contributed by atoms with Gasteiger partial charge in [-0.2, -0.15) is 0 Å². The van der Waals surface area contributed by atoms with Gasteiger partial charge in [0.15, 0.2) is 0 Å². The van der Waals surface area contributed by atoms with Crippen molar-refractivity contribution in [2.24, 2.45) is 4.99 Å². The molecule has 0 atom stereocenters. The van der Waals surface area contributed by atoms with E-state index in [1.807, 2.05) is 30.3 Å². The number of fused-ring (bicyclic) bond motifs is 1. The number of nitrogens with one attached hydrogen (secondary N) is 1. The monoisotopic (exact) mass is 282 g/mol. The second-order valence-electron chi connectivity index (χ2n) is 4.91. The maximum Gasteiger partial charge on any atom is 0.341 e. The van der Waals surface area contributed by atoms with Crippen molar-refractivity contribution >= 4 is 11.7 Å². The largest absolute Gasteiger partial charge is 0.477 e. The highest BCUT2D eigenvalue weighted by atomic mass is 16.4. The second-order valence-corrected chi connectivity index (χ2v) is 4.91. The number of aromatic nitrogens is 1. The average Bonchev–Trinajstić information content (AvgIpc) is 2.69. The summed E-state index contributed by atoms with van der Waals surface area (Å²) in [6, 6.07) is 11.0. The van der Waals surface area contributed by atoms with Crippen LogP contribution in [0.15, 0.2) is 46.2 Å². The van der Waals surface area contributed by atoms with E-state index in [9.17, 15) is 9.59 Å². The first kappa shape index (κ1) is 13.3. The zero-order chi connectivity index (χ0) is 14.8. The molecule has 2 heterocycles. The molecule has 5 heteroatoms. The van der Waals surface area contributed by atoms with E-state index in [0.717, 1.165) is 23.4 Å². The number of aromatic amines is 1. The van der Waals surface area contributed by atoms with Crippen molar-refractivity contribution in [3.05, 3.63) is 69.1 Å². The maximum absolute atomic E-state index is 11.8.